The number of nitrogens with one attached hydrogen (secondary N) is 1. The van der Waals surface area contributed by atoms with E-state index in [0.29, 0.717) is 59.4 Å². The van der Waals surface area contributed by atoms with Crippen molar-refractivity contribution in [3.63, 3.8) is 0 Å². The van der Waals surface area contributed by atoms with Gasteiger partial charge in [-0.15, -0.1) is 21.5 Å². The SMILES string of the molecule is Cc1ncsc1-c1ccc([C@H](C)NC(=O)[C@@H]2C[C@@H](OC(=O)OC(C)C(C)(C)SS(C)(=O)=O)CN2C(=O)[C@@H](C2=CC(OCCN3CCN(CCOc4cc(N5C6CCC5CN(c5cc(-c7ccccc7O)nnc5N)C6)ccn4)[C@H](C)C3)=NC2)C(C)C)cc1. The third-order valence-corrected chi connectivity index (χ3v) is 21.8. The highest BCUT2D eigenvalue weighted by atomic mass is 33.1. The van der Waals surface area contributed by atoms with E-state index >= 15 is 0 Å². The molecule has 22 nitrogen and oxygen atoms in total. The van der Waals surface area contributed by atoms with E-state index in [2.05, 4.69) is 64.1 Å². The van der Waals surface area contributed by atoms with Gasteiger partial charge in [0.25, 0.3) is 0 Å². The van der Waals surface area contributed by atoms with Gasteiger partial charge in [-0.05, 0) is 112 Å². The van der Waals surface area contributed by atoms with E-state index in [0.717, 1.165) is 97.0 Å². The number of phenolic OH excluding ortho intramolecular Hbond substituents is 1. The predicted octanol–water partition coefficient (Wildman–Crippen LogP) is 7.99. The highest BCUT2D eigenvalue weighted by Crippen LogP contribution is 2.41. The summed E-state index contributed by atoms with van der Waals surface area (Å²) in [7, 11) is -2.78. The van der Waals surface area contributed by atoms with Crippen molar-refractivity contribution in [3.8, 4) is 33.3 Å². The fourth-order valence-corrected chi connectivity index (χ4v) is 17.2. The molecule has 0 spiro atoms. The van der Waals surface area contributed by atoms with E-state index in [1.807, 2.05) is 87.9 Å². The molecule has 5 aliphatic heterocycles. The lowest BCUT2D eigenvalue weighted by atomic mass is 9.86. The standard InChI is InChI=1S/C63H82N12O10S3/c1-38(2)57(61(78)74-36-49(85-62(79)84-42(6)63(7,8)87-88(9,80)81)30-53(74)60(77)68-40(4)43-14-16-44(17-15-43)58-41(5)67-37-86-58)45-28-55(66-32-45)82-26-24-71-22-23-72(39(3)33-71)25-27-83-56-29-46(20-21-65-56)75-47-18-19-48(75)35-73(34-47)52-31-51(69-70-59(52)64)50-12-10-11-13-54(50)76/h10-17,20-21,28-29,31,37-40,42,47-49,53,57,76H,18-19,22-27,30,32-36H2,1-9H3,(H2,64,70)(H,68,77)/t39-,40+,42?,47?,48?,49-,53+,57-/m1/s1. The number of benzene rings is 2. The number of aryl methyl sites for hydroxylation is 1. The number of piperazine rings is 2. The number of thiazole rings is 1. The van der Waals surface area contributed by atoms with Crippen LogP contribution >= 0.6 is 22.1 Å². The number of carbonyl (C=O) groups excluding carboxylic acids is 3. The average molecular weight is 1260 g/mol. The van der Waals surface area contributed by atoms with Crippen LogP contribution in [0.25, 0.3) is 21.7 Å². The summed E-state index contributed by atoms with van der Waals surface area (Å²) in [5.74, 6) is 0.0473. The molecule has 3 unspecified atom stereocenters. The van der Waals surface area contributed by atoms with E-state index in [-0.39, 0.29) is 55.2 Å². The Morgan fingerprint density at radius 3 is 2.35 bits per heavy atom. The second kappa shape index (κ2) is 27.4. The molecule has 5 aromatic rings. The van der Waals surface area contributed by atoms with Crippen molar-refractivity contribution in [2.24, 2.45) is 16.8 Å². The van der Waals surface area contributed by atoms with Gasteiger partial charge in [0.1, 0.15) is 37.2 Å². The van der Waals surface area contributed by atoms with Crippen LogP contribution < -0.4 is 25.6 Å². The summed E-state index contributed by atoms with van der Waals surface area (Å²) in [5, 5.41) is 22.2. The van der Waals surface area contributed by atoms with Crippen molar-refractivity contribution in [2.75, 3.05) is 93.9 Å². The zero-order chi connectivity index (χ0) is 62.6. The normalized spacial score (nSPS) is 21.8. The molecule has 0 saturated carbocycles. The molecule has 4 saturated heterocycles. The molecule has 8 heterocycles. The number of carbonyl (C=O) groups is 3. The molecule has 0 radical (unpaired) electrons. The van der Waals surface area contributed by atoms with Crippen LogP contribution in [0.5, 0.6) is 11.6 Å². The highest BCUT2D eigenvalue weighted by molar-refractivity contribution is 8.72. The van der Waals surface area contributed by atoms with Crippen molar-refractivity contribution in [1.29, 1.82) is 0 Å². The summed E-state index contributed by atoms with van der Waals surface area (Å²) >= 11 is 1.56. The topological polar surface area (TPSA) is 261 Å². The lowest BCUT2D eigenvalue weighted by molar-refractivity contribution is -0.142. The van der Waals surface area contributed by atoms with E-state index in [1.165, 1.54) is 4.90 Å². The van der Waals surface area contributed by atoms with Gasteiger partial charge in [-0.1, -0.05) is 50.2 Å². The number of hydrogen-bond donors (Lipinski definition) is 3. The Morgan fingerprint density at radius 2 is 1.66 bits per heavy atom. The number of aliphatic imine (C=N–C) groups is 1. The summed E-state index contributed by atoms with van der Waals surface area (Å²) in [6.07, 6.45) is 4.13. The van der Waals surface area contributed by atoms with Gasteiger partial charge in [-0.2, -0.15) is 0 Å². The first-order valence-electron chi connectivity index (χ1n) is 30.3. The van der Waals surface area contributed by atoms with Gasteiger partial charge in [-0.3, -0.25) is 19.4 Å². The van der Waals surface area contributed by atoms with Crippen LogP contribution in [0, 0.1) is 18.8 Å². The summed E-state index contributed by atoms with van der Waals surface area (Å²) in [4.78, 5) is 68.6. The zero-order valence-electron chi connectivity index (χ0n) is 51.6. The number of hydrogen-bond acceptors (Lipinski definition) is 22. The number of phenols is 1. The molecule has 3 aromatic heterocycles. The molecule has 4 N–H and O–H groups in total. The Hall–Kier alpha value is -7.06. The fourth-order valence-electron chi connectivity index (χ4n) is 12.7. The molecule has 5 aliphatic rings. The van der Waals surface area contributed by atoms with Gasteiger partial charge in [0.2, 0.25) is 23.6 Å². The summed E-state index contributed by atoms with van der Waals surface area (Å²) < 4.78 is 47.3. The molecular weight excluding hydrogens is 1180 g/mol. The van der Waals surface area contributed by atoms with E-state index in [1.54, 1.807) is 44.2 Å². The van der Waals surface area contributed by atoms with Gasteiger partial charge in [0, 0.05) is 106 Å². The van der Waals surface area contributed by atoms with Crippen LogP contribution in [0.15, 0.2) is 95.1 Å². The molecule has 2 amide bonds. The molecule has 8 atom stereocenters. The third-order valence-electron chi connectivity index (χ3n) is 17.5. The van der Waals surface area contributed by atoms with Gasteiger partial charge >= 0.3 is 6.16 Å². The minimum atomic E-state index is -3.47. The van der Waals surface area contributed by atoms with E-state index < -0.39 is 55.9 Å². The first-order valence-corrected chi connectivity index (χ1v) is 34.4. The molecular formula is C63H82N12O10S3. The Bertz CT molecular complexity index is 3480. The number of nitrogens with zero attached hydrogens (tertiary/aromatic N) is 10. The van der Waals surface area contributed by atoms with Crippen LogP contribution in [0.1, 0.15) is 85.0 Å². The maximum Gasteiger partial charge on any atom is 0.508 e. The van der Waals surface area contributed by atoms with Crippen molar-refractivity contribution in [1.82, 2.24) is 40.2 Å². The molecule has 2 aromatic carbocycles. The Kier molecular flexibility index (Phi) is 19.9. The van der Waals surface area contributed by atoms with Crippen LogP contribution in [0.4, 0.5) is 22.0 Å². The van der Waals surface area contributed by atoms with Crippen molar-refractivity contribution < 1.29 is 46.9 Å². The Labute approximate surface area is 523 Å². The quantitative estimate of drug-likeness (QED) is 0.0438. The number of para-hydroxylation sites is 1. The van der Waals surface area contributed by atoms with Crippen molar-refractivity contribution >= 4 is 72.1 Å². The number of nitrogen functional groups attached to an aromatic ring is 1. The lowest BCUT2D eigenvalue weighted by Gasteiger charge is -2.43. The summed E-state index contributed by atoms with van der Waals surface area (Å²) in [6, 6.07) is 20.5. The van der Waals surface area contributed by atoms with Gasteiger partial charge in [-0.25, -0.2) is 28.2 Å². The van der Waals surface area contributed by atoms with Crippen LogP contribution in [-0.4, -0.2) is 192 Å². The summed E-state index contributed by atoms with van der Waals surface area (Å²) in [5.41, 5.74) is 14.9. The molecule has 2 bridgehead atoms. The van der Waals surface area contributed by atoms with Gasteiger partial charge < -0.3 is 49.8 Å². The number of amides is 2. The summed E-state index contributed by atoms with van der Waals surface area (Å²) in [6.45, 7) is 21.6. The maximum absolute atomic E-state index is 15.0. The number of fused-ring (bicyclic) bond motifs is 2. The number of aromatic hydroxyl groups is 1. The highest BCUT2D eigenvalue weighted by Gasteiger charge is 2.46. The maximum atomic E-state index is 15.0. The molecule has 4 fully saturated rings. The Morgan fingerprint density at radius 1 is 0.920 bits per heavy atom. The Balaban J connectivity index is 0.701. The lowest BCUT2D eigenvalue weighted by Crippen LogP contribution is -2.54. The molecule has 88 heavy (non-hydrogen) atoms. The van der Waals surface area contributed by atoms with Crippen molar-refractivity contribution in [3.05, 3.63) is 101 Å². The minimum absolute atomic E-state index is 0.0252. The number of rotatable bonds is 22. The monoisotopic (exact) mass is 1260 g/mol. The third kappa shape index (κ3) is 15.1. The number of ether oxygens (including phenoxy) is 4. The zero-order valence-corrected chi connectivity index (χ0v) is 54.0. The first kappa shape index (κ1) is 63.9. The minimum Gasteiger partial charge on any atom is -0.507 e. The van der Waals surface area contributed by atoms with E-state index in [9.17, 15) is 27.9 Å². The largest absolute Gasteiger partial charge is 0.508 e. The number of nitrogens with two attached hydrogens (primary N) is 1. The number of anilines is 3. The second-order valence-corrected chi connectivity index (χ2v) is 30.3. The second-order valence-electron chi connectivity index (χ2n) is 24.5. The van der Waals surface area contributed by atoms with Crippen LogP contribution in [0.3, 0.4) is 0 Å². The average Bonchev–Trinajstić information content (AvgIpc) is 1.96. The first-order chi connectivity index (χ1) is 42.0. The fraction of sp³-hybridized carbons (Fsp3) is 0.524. The van der Waals surface area contributed by atoms with Crippen LogP contribution in [0.2, 0.25) is 0 Å². The van der Waals surface area contributed by atoms with E-state index in [4.69, 9.17) is 29.7 Å². The molecule has 0 aliphatic carbocycles. The number of likely N-dealkylation sites (tertiary alicyclic amines) is 1. The number of aromatic nitrogens is 4. The van der Waals surface area contributed by atoms with Crippen LogP contribution in [-0.2, 0) is 32.7 Å². The number of pyridine rings is 1. The molecule has 25 heteroatoms. The van der Waals surface area contributed by atoms with Gasteiger partial charge in [0.05, 0.1) is 57.3 Å². The predicted molar refractivity (Wildman–Crippen MR) is 343 cm³/mol. The van der Waals surface area contributed by atoms with Crippen molar-refractivity contribution in [2.45, 2.75) is 122 Å². The molecule has 472 valence electrons. The van der Waals surface area contributed by atoms with Gasteiger partial charge in [0.15, 0.2) is 14.7 Å². The smallest absolute Gasteiger partial charge is 0.507 e. The molecule has 10 rings (SSSR count).